The van der Waals surface area contributed by atoms with E-state index in [4.69, 9.17) is 4.74 Å². The zero-order valence-corrected chi connectivity index (χ0v) is 10.8. The van der Waals surface area contributed by atoms with Crippen LogP contribution >= 0.6 is 0 Å². The zero-order chi connectivity index (χ0) is 13.3. The molecule has 0 unspecified atom stereocenters. The van der Waals surface area contributed by atoms with Gasteiger partial charge in [0, 0.05) is 12.3 Å². The lowest BCUT2D eigenvalue weighted by atomic mass is 10.4. The summed E-state index contributed by atoms with van der Waals surface area (Å²) in [6, 6.07) is 1.52. The molecule has 0 radical (unpaired) electrons. The van der Waals surface area contributed by atoms with Crippen LogP contribution in [0.1, 0.15) is 40.5 Å². The van der Waals surface area contributed by atoms with E-state index in [-0.39, 0.29) is 11.8 Å². The third-order valence-electron chi connectivity index (χ3n) is 1.78. The van der Waals surface area contributed by atoms with Gasteiger partial charge in [0.2, 0.25) is 5.75 Å². The molecule has 1 aliphatic rings. The average Bonchev–Trinajstić information content (AvgIpc) is 3.19. The van der Waals surface area contributed by atoms with E-state index >= 15 is 0 Å². The Kier molecular flexibility index (Phi) is 7.67. The standard InChI is InChI=1S/C8H8N2O3.2C2H6/c11-10(12)7-5-9-4-3-8(7)13-6-1-2-6;2*1-2/h3-6H,1-2H2;2*1-2H3. The highest BCUT2D eigenvalue weighted by Gasteiger charge is 2.26. The van der Waals surface area contributed by atoms with Gasteiger partial charge in [-0.25, -0.2) is 0 Å². The molecule has 0 saturated heterocycles. The molecule has 0 aliphatic heterocycles. The second-order valence-electron chi connectivity index (χ2n) is 2.92. The first kappa shape index (κ1) is 15.3. The molecule has 0 N–H and O–H groups in total. The van der Waals surface area contributed by atoms with Crippen LogP contribution in [0.5, 0.6) is 5.75 Å². The van der Waals surface area contributed by atoms with Crippen LogP contribution in [0.3, 0.4) is 0 Å². The van der Waals surface area contributed by atoms with Crippen LogP contribution in [-0.4, -0.2) is 16.0 Å². The molecule has 0 aromatic carbocycles. The fourth-order valence-corrected chi connectivity index (χ4v) is 0.976. The van der Waals surface area contributed by atoms with Crippen molar-refractivity contribution in [3.05, 3.63) is 28.6 Å². The molecule has 0 atom stereocenters. The van der Waals surface area contributed by atoms with Crippen LogP contribution in [0.15, 0.2) is 18.5 Å². The number of aromatic nitrogens is 1. The summed E-state index contributed by atoms with van der Waals surface area (Å²) in [5.74, 6) is 0.322. The summed E-state index contributed by atoms with van der Waals surface area (Å²) in [7, 11) is 0. The quantitative estimate of drug-likeness (QED) is 0.598. The normalized spacial score (nSPS) is 12.5. The van der Waals surface area contributed by atoms with Crippen LogP contribution in [0.2, 0.25) is 0 Å². The number of ether oxygens (including phenoxy) is 1. The molecule has 1 aromatic heterocycles. The molecule has 5 nitrogen and oxygen atoms in total. The van der Waals surface area contributed by atoms with Gasteiger partial charge in [-0.15, -0.1) is 0 Å². The van der Waals surface area contributed by atoms with Crippen molar-refractivity contribution in [2.75, 3.05) is 0 Å². The summed E-state index contributed by atoms with van der Waals surface area (Å²) in [5.41, 5.74) is -0.0607. The molecule has 1 aliphatic carbocycles. The van der Waals surface area contributed by atoms with Crippen molar-refractivity contribution in [2.45, 2.75) is 46.6 Å². The lowest BCUT2D eigenvalue weighted by Gasteiger charge is -2.02. The second kappa shape index (κ2) is 8.50. The van der Waals surface area contributed by atoms with Crippen molar-refractivity contribution in [1.29, 1.82) is 0 Å². The molecule has 0 spiro atoms. The summed E-state index contributed by atoms with van der Waals surface area (Å²) >= 11 is 0. The van der Waals surface area contributed by atoms with Gasteiger partial charge in [0.15, 0.2) is 0 Å². The highest BCUT2D eigenvalue weighted by atomic mass is 16.6. The van der Waals surface area contributed by atoms with E-state index in [9.17, 15) is 10.1 Å². The topological polar surface area (TPSA) is 65.3 Å². The number of pyridine rings is 1. The summed E-state index contributed by atoms with van der Waals surface area (Å²) in [6.45, 7) is 8.00. The molecule has 5 heteroatoms. The van der Waals surface area contributed by atoms with E-state index in [0.29, 0.717) is 5.75 Å². The third kappa shape index (κ3) is 5.29. The summed E-state index contributed by atoms with van der Waals surface area (Å²) < 4.78 is 5.34. The van der Waals surface area contributed by atoms with Gasteiger partial charge in [-0.1, -0.05) is 27.7 Å². The first-order valence-corrected chi connectivity index (χ1v) is 6.02. The second-order valence-corrected chi connectivity index (χ2v) is 2.92. The molecule has 1 saturated carbocycles. The van der Waals surface area contributed by atoms with Crippen molar-refractivity contribution in [3.63, 3.8) is 0 Å². The number of hydrogen-bond donors (Lipinski definition) is 0. The molecule has 2 rings (SSSR count). The maximum absolute atomic E-state index is 10.5. The Morgan fingerprint density at radius 3 is 2.41 bits per heavy atom. The van der Waals surface area contributed by atoms with Gasteiger partial charge in [-0.05, 0) is 12.8 Å². The van der Waals surface area contributed by atoms with Crippen LogP contribution in [0.4, 0.5) is 5.69 Å². The monoisotopic (exact) mass is 240 g/mol. The molecule has 96 valence electrons. The maximum atomic E-state index is 10.5. The third-order valence-corrected chi connectivity index (χ3v) is 1.78. The summed E-state index contributed by atoms with van der Waals surface area (Å²) in [5, 5.41) is 10.5. The molecular weight excluding hydrogens is 220 g/mol. The lowest BCUT2D eigenvalue weighted by Crippen LogP contribution is -2.00. The Labute approximate surface area is 102 Å². The fourth-order valence-electron chi connectivity index (χ4n) is 0.976. The van der Waals surface area contributed by atoms with Gasteiger partial charge in [-0.3, -0.25) is 15.1 Å². The van der Waals surface area contributed by atoms with Crippen LogP contribution < -0.4 is 4.74 Å². The lowest BCUT2D eigenvalue weighted by molar-refractivity contribution is -0.386. The van der Waals surface area contributed by atoms with E-state index < -0.39 is 4.92 Å². The highest BCUT2D eigenvalue weighted by Crippen LogP contribution is 2.32. The minimum atomic E-state index is -0.481. The highest BCUT2D eigenvalue weighted by molar-refractivity contribution is 5.43. The molecule has 0 amide bonds. The van der Waals surface area contributed by atoms with Gasteiger partial charge in [-0.2, -0.15) is 0 Å². The zero-order valence-electron chi connectivity index (χ0n) is 10.8. The fraction of sp³-hybridized carbons (Fsp3) is 0.583. The van der Waals surface area contributed by atoms with E-state index in [1.165, 1.54) is 18.5 Å². The van der Waals surface area contributed by atoms with Crippen molar-refractivity contribution in [3.8, 4) is 5.75 Å². The maximum Gasteiger partial charge on any atom is 0.329 e. The van der Waals surface area contributed by atoms with Crippen molar-refractivity contribution in [1.82, 2.24) is 4.98 Å². The van der Waals surface area contributed by atoms with Crippen LogP contribution in [0, 0.1) is 10.1 Å². The summed E-state index contributed by atoms with van der Waals surface area (Å²) in [4.78, 5) is 13.7. The molecule has 1 fully saturated rings. The molecule has 1 aromatic rings. The minimum Gasteiger partial charge on any atom is -0.483 e. The van der Waals surface area contributed by atoms with E-state index in [1.807, 2.05) is 27.7 Å². The largest absolute Gasteiger partial charge is 0.483 e. The van der Waals surface area contributed by atoms with Crippen LogP contribution in [-0.2, 0) is 0 Å². The summed E-state index contributed by atoms with van der Waals surface area (Å²) in [6.07, 6.45) is 4.84. The minimum absolute atomic E-state index is 0.0607. The van der Waals surface area contributed by atoms with E-state index in [2.05, 4.69) is 4.98 Å². The Bertz CT molecular complexity index is 338. The smallest absolute Gasteiger partial charge is 0.329 e. The van der Waals surface area contributed by atoms with Gasteiger partial charge in [0.1, 0.15) is 6.20 Å². The van der Waals surface area contributed by atoms with Gasteiger partial charge in [0.05, 0.1) is 11.0 Å². The number of nitro groups is 1. The molecular formula is C12H20N2O3. The molecule has 1 heterocycles. The average molecular weight is 240 g/mol. The SMILES string of the molecule is CC.CC.O=[N+]([O-])c1cnccc1OC1CC1. The van der Waals surface area contributed by atoms with Gasteiger partial charge in [0.25, 0.3) is 0 Å². The predicted octanol–water partition coefficient (Wildman–Crippen LogP) is 3.58. The van der Waals surface area contributed by atoms with Crippen molar-refractivity contribution < 1.29 is 9.66 Å². The molecule has 0 bridgehead atoms. The van der Waals surface area contributed by atoms with Gasteiger partial charge >= 0.3 is 5.69 Å². The first-order chi connectivity index (χ1) is 8.27. The number of hydrogen-bond acceptors (Lipinski definition) is 4. The molecule has 17 heavy (non-hydrogen) atoms. The van der Waals surface area contributed by atoms with Crippen molar-refractivity contribution >= 4 is 5.69 Å². The number of nitrogens with zero attached hydrogens (tertiary/aromatic N) is 2. The van der Waals surface area contributed by atoms with Crippen LogP contribution in [0.25, 0.3) is 0 Å². The van der Waals surface area contributed by atoms with E-state index in [1.54, 1.807) is 0 Å². The van der Waals surface area contributed by atoms with Gasteiger partial charge < -0.3 is 4.74 Å². The Balaban J connectivity index is 0.000000581. The predicted molar refractivity (Wildman–Crippen MR) is 67.2 cm³/mol. The van der Waals surface area contributed by atoms with E-state index in [0.717, 1.165) is 12.8 Å². The Hall–Kier alpha value is -1.65. The Morgan fingerprint density at radius 2 is 1.94 bits per heavy atom. The Morgan fingerprint density at radius 1 is 1.35 bits per heavy atom. The number of rotatable bonds is 3. The van der Waals surface area contributed by atoms with Crippen molar-refractivity contribution in [2.24, 2.45) is 0 Å². The first-order valence-electron chi connectivity index (χ1n) is 6.02.